The summed E-state index contributed by atoms with van der Waals surface area (Å²) >= 11 is 0. The van der Waals surface area contributed by atoms with Crippen LogP contribution in [0.3, 0.4) is 0 Å². The SMILES string of the molecule is Cc1ccc2oc(C(NN)c3ccccc3C)cc2c1. The van der Waals surface area contributed by atoms with Crippen LogP contribution in [0.1, 0.15) is 28.5 Å². The van der Waals surface area contributed by atoms with Crippen molar-refractivity contribution in [2.24, 2.45) is 5.84 Å². The first-order valence-corrected chi connectivity index (χ1v) is 6.71. The lowest BCUT2D eigenvalue weighted by Gasteiger charge is -2.15. The fraction of sp³-hybridized carbons (Fsp3) is 0.176. The molecule has 3 aromatic rings. The number of furan rings is 1. The third-order valence-electron chi connectivity index (χ3n) is 3.64. The van der Waals surface area contributed by atoms with E-state index in [-0.39, 0.29) is 6.04 Å². The van der Waals surface area contributed by atoms with Gasteiger partial charge < -0.3 is 4.42 Å². The van der Waals surface area contributed by atoms with Crippen LogP contribution < -0.4 is 11.3 Å². The summed E-state index contributed by atoms with van der Waals surface area (Å²) in [5.74, 6) is 6.58. The van der Waals surface area contributed by atoms with Crippen LogP contribution in [-0.4, -0.2) is 0 Å². The summed E-state index contributed by atoms with van der Waals surface area (Å²) in [5.41, 5.74) is 7.28. The Bertz CT molecular complexity index is 746. The van der Waals surface area contributed by atoms with E-state index in [1.807, 2.05) is 24.3 Å². The predicted molar refractivity (Wildman–Crippen MR) is 81.3 cm³/mol. The Morgan fingerprint density at radius 3 is 2.60 bits per heavy atom. The Kier molecular flexibility index (Phi) is 3.30. The number of nitrogens with one attached hydrogen (secondary N) is 1. The first-order valence-electron chi connectivity index (χ1n) is 6.71. The summed E-state index contributed by atoms with van der Waals surface area (Å²) < 4.78 is 5.94. The van der Waals surface area contributed by atoms with Crippen molar-refractivity contribution in [3.63, 3.8) is 0 Å². The number of aryl methyl sites for hydroxylation is 2. The summed E-state index contributed by atoms with van der Waals surface area (Å²) in [6.07, 6.45) is 0. The van der Waals surface area contributed by atoms with Gasteiger partial charge in [-0.05, 0) is 43.2 Å². The number of nitrogens with two attached hydrogens (primary N) is 1. The highest BCUT2D eigenvalue weighted by molar-refractivity contribution is 5.79. The van der Waals surface area contributed by atoms with Gasteiger partial charge in [-0.3, -0.25) is 5.84 Å². The smallest absolute Gasteiger partial charge is 0.134 e. The summed E-state index contributed by atoms with van der Waals surface area (Å²) in [7, 11) is 0. The van der Waals surface area contributed by atoms with E-state index >= 15 is 0 Å². The van der Waals surface area contributed by atoms with Gasteiger partial charge in [0.05, 0.1) is 0 Å². The molecule has 0 aliphatic heterocycles. The van der Waals surface area contributed by atoms with Crippen molar-refractivity contribution in [1.29, 1.82) is 0 Å². The number of fused-ring (bicyclic) bond motifs is 1. The molecular weight excluding hydrogens is 248 g/mol. The first kappa shape index (κ1) is 12.9. The standard InChI is InChI=1S/C17H18N2O/c1-11-7-8-15-13(9-11)10-16(20-15)17(19-18)14-6-4-3-5-12(14)2/h3-10,17,19H,18H2,1-2H3. The molecular formula is C17H18N2O. The average molecular weight is 266 g/mol. The molecule has 3 heteroatoms. The van der Waals surface area contributed by atoms with Gasteiger partial charge >= 0.3 is 0 Å². The third-order valence-corrected chi connectivity index (χ3v) is 3.64. The maximum Gasteiger partial charge on any atom is 0.134 e. The third kappa shape index (κ3) is 2.22. The predicted octanol–water partition coefficient (Wildman–Crippen LogP) is 3.60. The molecule has 1 aromatic heterocycles. The number of rotatable bonds is 3. The Morgan fingerprint density at radius 2 is 1.85 bits per heavy atom. The minimum Gasteiger partial charge on any atom is -0.459 e. The minimum absolute atomic E-state index is 0.135. The molecule has 1 heterocycles. The Balaban J connectivity index is 2.10. The second-order valence-electron chi connectivity index (χ2n) is 5.15. The zero-order valence-corrected chi connectivity index (χ0v) is 11.7. The molecule has 0 amide bonds. The van der Waals surface area contributed by atoms with E-state index in [4.69, 9.17) is 10.3 Å². The molecule has 3 rings (SSSR count). The molecule has 0 saturated heterocycles. The Hall–Kier alpha value is -2.10. The Labute approximate surface area is 118 Å². The van der Waals surface area contributed by atoms with E-state index in [0.717, 1.165) is 22.3 Å². The van der Waals surface area contributed by atoms with Crippen LogP contribution in [0.25, 0.3) is 11.0 Å². The minimum atomic E-state index is -0.135. The topological polar surface area (TPSA) is 51.2 Å². The van der Waals surface area contributed by atoms with Gasteiger partial charge in [0.1, 0.15) is 17.4 Å². The van der Waals surface area contributed by atoms with Crippen molar-refractivity contribution in [2.45, 2.75) is 19.9 Å². The van der Waals surface area contributed by atoms with Crippen LogP contribution in [0.5, 0.6) is 0 Å². The van der Waals surface area contributed by atoms with Crippen LogP contribution in [0.2, 0.25) is 0 Å². The molecule has 0 spiro atoms. The van der Waals surface area contributed by atoms with Crippen LogP contribution in [0.15, 0.2) is 52.9 Å². The quantitative estimate of drug-likeness (QED) is 0.562. The Morgan fingerprint density at radius 1 is 1.05 bits per heavy atom. The van der Waals surface area contributed by atoms with Crippen molar-refractivity contribution in [1.82, 2.24) is 5.43 Å². The van der Waals surface area contributed by atoms with Gasteiger partial charge in [0.25, 0.3) is 0 Å². The number of hydrazine groups is 1. The number of benzene rings is 2. The fourth-order valence-electron chi connectivity index (χ4n) is 2.56. The lowest BCUT2D eigenvalue weighted by Crippen LogP contribution is -2.29. The number of hydrogen-bond donors (Lipinski definition) is 2. The van der Waals surface area contributed by atoms with E-state index in [2.05, 4.69) is 43.5 Å². The maximum absolute atomic E-state index is 5.94. The molecule has 3 nitrogen and oxygen atoms in total. The largest absolute Gasteiger partial charge is 0.459 e. The highest BCUT2D eigenvalue weighted by Crippen LogP contribution is 2.29. The zero-order valence-electron chi connectivity index (χ0n) is 11.7. The molecule has 1 atom stereocenters. The van der Waals surface area contributed by atoms with E-state index in [0.29, 0.717) is 0 Å². The average Bonchev–Trinajstić information content (AvgIpc) is 2.84. The van der Waals surface area contributed by atoms with Gasteiger partial charge in [0.15, 0.2) is 0 Å². The summed E-state index contributed by atoms with van der Waals surface area (Å²) in [6, 6.07) is 16.3. The highest BCUT2D eigenvalue weighted by Gasteiger charge is 2.18. The normalized spacial score (nSPS) is 12.8. The van der Waals surface area contributed by atoms with Crippen molar-refractivity contribution in [3.8, 4) is 0 Å². The van der Waals surface area contributed by atoms with Gasteiger partial charge in [0, 0.05) is 5.39 Å². The van der Waals surface area contributed by atoms with Crippen LogP contribution in [0, 0.1) is 13.8 Å². The first-order chi connectivity index (χ1) is 9.69. The molecule has 3 N–H and O–H groups in total. The van der Waals surface area contributed by atoms with Crippen LogP contribution in [0.4, 0.5) is 0 Å². The van der Waals surface area contributed by atoms with E-state index < -0.39 is 0 Å². The van der Waals surface area contributed by atoms with Crippen molar-refractivity contribution < 1.29 is 4.42 Å². The van der Waals surface area contributed by atoms with Crippen molar-refractivity contribution in [3.05, 3.63) is 71.0 Å². The lowest BCUT2D eigenvalue weighted by molar-refractivity contribution is 0.476. The molecule has 0 radical (unpaired) electrons. The van der Waals surface area contributed by atoms with Gasteiger partial charge in [-0.1, -0.05) is 35.9 Å². The molecule has 0 saturated carbocycles. The second kappa shape index (κ2) is 5.12. The van der Waals surface area contributed by atoms with Crippen molar-refractivity contribution in [2.75, 3.05) is 0 Å². The molecule has 0 fully saturated rings. The van der Waals surface area contributed by atoms with E-state index in [1.165, 1.54) is 11.1 Å². The monoisotopic (exact) mass is 266 g/mol. The van der Waals surface area contributed by atoms with Crippen molar-refractivity contribution >= 4 is 11.0 Å². The van der Waals surface area contributed by atoms with Gasteiger partial charge in [-0.25, -0.2) is 5.43 Å². The molecule has 0 bridgehead atoms. The molecule has 0 aliphatic carbocycles. The van der Waals surface area contributed by atoms with E-state index in [1.54, 1.807) is 0 Å². The van der Waals surface area contributed by atoms with Gasteiger partial charge in [-0.15, -0.1) is 0 Å². The molecule has 102 valence electrons. The summed E-state index contributed by atoms with van der Waals surface area (Å²) in [4.78, 5) is 0. The highest BCUT2D eigenvalue weighted by atomic mass is 16.3. The lowest BCUT2D eigenvalue weighted by atomic mass is 10.00. The van der Waals surface area contributed by atoms with Gasteiger partial charge in [-0.2, -0.15) is 0 Å². The van der Waals surface area contributed by atoms with Crippen LogP contribution >= 0.6 is 0 Å². The fourth-order valence-corrected chi connectivity index (χ4v) is 2.56. The second-order valence-corrected chi connectivity index (χ2v) is 5.15. The van der Waals surface area contributed by atoms with E-state index in [9.17, 15) is 0 Å². The summed E-state index contributed by atoms with van der Waals surface area (Å²) in [6.45, 7) is 4.15. The molecule has 1 unspecified atom stereocenters. The van der Waals surface area contributed by atoms with Gasteiger partial charge in [0.2, 0.25) is 0 Å². The summed E-state index contributed by atoms with van der Waals surface area (Å²) in [5, 5.41) is 1.11. The van der Waals surface area contributed by atoms with Crippen LogP contribution in [-0.2, 0) is 0 Å². The molecule has 0 aliphatic rings. The zero-order chi connectivity index (χ0) is 14.1. The molecule has 2 aromatic carbocycles. The number of hydrogen-bond acceptors (Lipinski definition) is 3. The maximum atomic E-state index is 5.94. The molecule has 20 heavy (non-hydrogen) atoms.